The van der Waals surface area contributed by atoms with E-state index in [4.69, 9.17) is 15.3 Å². The lowest BCUT2D eigenvalue weighted by atomic mass is 10.2. The largest absolute Gasteiger partial charge is 0.354 e. The Hall–Kier alpha value is -1.05. The van der Waals surface area contributed by atoms with Crippen LogP contribution in [0.15, 0.2) is 24.3 Å². The minimum absolute atomic E-state index is 0.124. The quantitative estimate of drug-likeness (QED) is 0.469. The first-order chi connectivity index (χ1) is 8.78. The number of rotatable bonds is 6. The zero-order valence-electron chi connectivity index (χ0n) is 10.4. The Morgan fingerprint density at radius 2 is 2.06 bits per heavy atom. The minimum atomic E-state index is -0.387. The smallest absolute Gasteiger partial charge is 0.173 e. The van der Waals surface area contributed by atoms with E-state index >= 15 is 0 Å². The zero-order valence-corrected chi connectivity index (χ0v) is 11.2. The number of hydrazine groups is 1. The third-order valence-corrected chi connectivity index (χ3v) is 3.80. The molecule has 1 aromatic heterocycles. The van der Waals surface area contributed by atoms with Crippen LogP contribution in [0.1, 0.15) is 5.01 Å². The van der Waals surface area contributed by atoms with Gasteiger partial charge in [-0.2, -0.15) is 0 Å². The second-order valence-corrected chi connectivity index (χ2v) is 5.01. The number of ether oxygens (including phenoxy) is 2. The second-order valence-electron chi connectivity index (χ2n) is 3.89. The van der Waals surface area contributed by atoms with Crippen LogP contribution in [0.2, 0.25) is 0 Å². The number of thiazole rings is 1. The van der Waals surface area contributed by atoms with E-state index < -0.39 is 0 Å². The SMILES string of the molecule is COC(OC)C(Cc1nc2ccccc2s1)NN. The average Bonchev–Trinajstić information content (AvgIpc) is 2.81. The van der Waals surface area contributed by atoms with Gasteiger partial charge in [0.2, 0.25) is 0 Å². The molecule has 98 valence electrons. The predicted octanol–water partition coefficient (Wildman–Crippen LogP) is 1.29. The van der Waals surface area contributed by atoms with Crippen LogP contribution < -0.4 is 11.3 Å². The molecule has 1 unspecified atom stereocenters. The fourth-order valence-electron chi connectivity index (χ4n) is 1.85. The van der Waals surface area contributed by atoms with Gasteiger partial charge in [0, 0.05) is 20.6 Å². The molecule has 2 rings (SSSR count). The summed E-state index contributed by atoms with van der Waals surface area (Å²) in [7, 11) is 3.19. The number of hydrogen-bond donors (Lipinski definition) is 2. The Balaban J connectivity index is 2.15. The maximum Gasteiger partial charge on any atom is 0.173 e. The first kappa shape index (κ1) is 13.4. The van der Waals surface area contributed by atoms with Crippen LogP contribution in [0.25, 0.3) is 10.2 Å². The Morgan fingerprint density at radius 3 is 2.67 bits per heavy atom. The number of nitrogens with two attached hydrogens (primary N) is 1. The highest BCUT2D eigenvalue weighted by Crippen LogP contribution is 2.23. The molecule has 0 bridgehead atoms. The van der Waals surface area contributed by atoms with Crippen molar-refractivity contribution in [2.24, 2.45) is 5.84 Å². The molecule has 0 fully saturated rings. The number of nitrogens with one attached hydrogen (secondary N) is 1. The summed E-state index contributed by atoms with van der Waals surface area (Å²) in [4.78, 5) is 4.56. The lowest BCUT2D eigenvalue weighted by Gasteiger charge is -2.22. The van der Waals surface area contributed by atoms with E-state index in [2.05, 4.69) is 16.5 Å². The average molecular weight is 267 g/mol. The van der Waals surface area contributed by atoms with Crippen LogP contribution in [0.4, 0.5) is 0 Å². The second kappa shape index (κ2) is 6.21. The molecule has 0 radical (unpaired) electrons. The number of hydrogen-bond acceptors (Lipinski definition) is 6. The standard InChI is InChI=1S/C12H17N3O2S/c1-16-12(17-2)9(15-13)7-11-14-8-5-3-4-6-10(8)18-11/h3-6,9,12,15H,7,13H2,1-2H3. The molecule has 0 aliphatic rings. The molecule has 3 N–H and O–H groups in total. The van der Waals surface area contributed by atoms with Gasteiger partial charge in [-0.15, -0.1) is 11.3 Å². The van der Waals surface area contributed by atoms with Crippen LogP contribution in [-0.4, -0.2) is 31.5 Å². The molecule has 0 saturated carbocycles. The van der Waals surface area contributed by atoms with Gasteiger partial charge in [0.1, 0.15) is 0 Å². The highest BCUT2D eigenvalue weighted by atomic mass is 32.1. The Labute approximate surface area is 110 Å². The van der Waals surface area contributed by atoms with E-state index in [1.54, 1.807) is 25.6 Å². The molecule has 0 saturated heterocycles. The van der Waals surface area contributed by atoms with Crippen LogP contribution in [0.5, 0.6) is 0 Å². The van der Waals surface area contributed by atoms with Crippen molar-refractivity contribution < 1.29 is 9.47 Å². The summed E-state index contributed by atoms with van der Waals surface area (Å²) in [5.74, 6) is 5.53. The summed E-state index contributed by atoms with van der Waals surface area (Å²) < 4.78 is 11.6. The molecule has 0 aliphatic carbocycles. The van der Waals surface area contributed by atoms with Crippen molar-refractivity contribution in [1.29, 1.82) is 0 Å². The number of fused-ring (bicyclic) bond motifs is 1. The van der Waals surface area contributed by atoms with Crippen molar-refractivity contribution in [3.63, 3.8) is 0 Å². The van der Waals surface area contributed by atoms with E-state index in [9.17, 15) is 0 Å². The van der Waals surface area contributed by atoms with Crippen molar-refractivity contribution in [1.82, 2.24) is 10.4 Å². The third kappa shape index (κ3) is 2.85. The molecule has 1 atom stereocenters. The first-order valence-electron chi connectivity index (χ1n) is 5.64. The lowest BCUT2D eigenvalue weighted by molar-refractivity contribution is -0.122. The Morgan fingerprint density at radius 1 is 1.33 bits per heavy atom. The Kier molecular flexibility index (Phi) is 4.62. The summed E-state index contributed by atoms with van der Waals surface area (Å²) in [6.45, 7) is 0. The van der Waals surface area contributed by atoms with Crippen molar-refractivity contribution in [2.45, 2.75) is 18.8 Å². The monoisotopic (exact) mass is 267 g/mol. The van der Waals surface area contributed by atoms with Crippen LogP contribution in [0.3, 0.4) is 0 Å². The number of nitrogens with zero attached hydrogens (tertiary/aromatic N) is 1. The van der Waals surface area contributed by atoms with E-state index in [0.29, 0.717) is 6.42 Å². The maximum atomic E-state index is 5.53. The molecular formula is C12H17N3O2S. The molecule has 18 heavy (non-hydrogen) atoms. The van der Waals surface area contributed by atoms with Crippen LogP contribution in [-0.2, 0) is 15.9 Å². The molecule has 6 heteroatoms. The molecule has 0 aliphatic heterocycles. The van der Waals surface area contributed by atoms with Gasteiger partial charge in [-0.3, -0.25) is 11.3 Å². The molecule has 1 aromatic carbocycles. The van der Waals surface area contributed by atoms with E-state index in [0.717, 1.165) is 10.5 Å². The summed E-state index contributed by atoms with van der Waals surface area (Å²) in [6.07, 6.45) is 0.282. The van der Waals surface area contributed by atoms with Gasteiger partial charge in [0.05, 0.1) is 21.3 Å². The predicted molar refractivity (Wildman–Crippen MR) is 72.2 cm³/mol. The van der Waals surface area contributed by atoms with Crippen molar-refractivity contribution in [2.75, 3.05) is 14.2 Å². The fraction of sp³-hybridized carbons (Fsp3) is 0.417. The number of methoxy groups -OCH3 is 2. The van der Waals surface area contributed by atoms with E-state index in [-0.39, 0.29) is 12.3 Å². The third-order valence-electron chi connectivity index (χ3n) is 2.74. The molecule has 2 aromatic rings. The minimum Gasteiger partial charge on any atom is -0.354 e. The fourth-order valence-corrected chi connectivity index (χ4v) is 2.88. The van der Waals surface area contributed by atoms with Gasteiger partial charge in [-0.25, -0.2) is 4.98 Å². The maximum absolute atomic E-state index is 5.53. The molecule has 1 heterocycles. The molecule has 0 spiro atoms. The van der Waals surface area contributed by atoms with Crippen molar-refractivity contribution in [3.8, 4) is 0 Å². The van der Waals surface area contributed by atoms with Crippen molar-refractivity contribution >= 4 is 21.6 Å². The van der Waals surface area contributed by atoms with Crippen molar-refractivity contribution in [3.05, 3.63) is 29.3 Å². The lowest BCUT2D eigenvalue weighted by Crippen LogP contribution is -2.47. The molecular weight excluding hydrogens is 250 g/mol. The van der Waals surface area contributed by atoms with Gasteiger partial charge >= 0.3 is 0 Å². The Bertz CT molecular complexity index is 466. The molecule has 0 amide bonds. The van der Waals surface area contributed by atoms with E-state index in [1.807, 2.05) is 18.2 Å². The van der Waals surface area contributed by atoms with E-state index in [1.165, 1.54) is 4.70 Å². The van der Waals surface area contributed by atoms with Gasteiger partial charge < -0.3 is 9.47 Å². The van der Waals surface area contributed by atoms with Gasteiger partial charge in [-0.05, 0) is 12.1 Å². The highest BCUT2D eigenvalue weighted by molar-refractivity contribution is 7.18. The topological polar surface area (TPSA) is 69.4 Å². The first-order valence-corrected chi connectivity index (χ1v) is 6.46. The van der Waals surface area contributed by atoms with Gasteiger partial charge in [0.25, 0.3) is 0 Å². The van der Waals surface area contributed by atoms with Crippen LogP contribution in [0, 0.1) is 0 Å². The number of aromatic nitrogens is 1. The summed E-state index contributed by atoms with van der Waals surface area (Å²) in [5.41, 5.74) is 3.73. The zero-order chi connectivity index (χ0) is 13.0. The highest BCUT2D eigenvalue weighted by Gasteiger charge is 2.21. The van der Waals surface area contributed by atoms with Crippen LogP contribution >= 0.6 is 11.3 Å². The summed E-state index contributed by atoms with van der Waals surface area (Å²) >= 11 is 1.66. The van der Waals surface area contributed by atoms with Gasteiger partial charge in [0.15, 0.2) is 6.29 Å². The van der Waals surface area contributed by atoms with Gasteiger partial charge in [-0.1, -0.05) is 12.1 Å². The number of benzene rings is 1. The summed E-state index contributed by atoms with van der Waals surface area (Å²) in [5, 5.41) is 1.01. The number of para-hydroxylation sites is 1. The summed E-state index contributed by atoms with van der Waals surface area (Å²) in [6, 6.07) is 7.93. The molecule has 5 nitrogen and oxygen atoms in total. The normalized spacial score (nSPS) is 13.3.